The van der Waals surface area contributed by atoms with E-state index >= 15 is 0 Å². The van der Waals surface area contributed by atoms with Crippen molar-refractivity contribution in [1.29, 1.82) is 0 Å². The van der Waals surface area contributed by atoms with E-state index in [0.29, 0.717) is 16.0 Å². The summed E-state index contributed by atoms with van der Waals surface area (Å²) in [6.07, 6.45) is 0. The number of ether oxygens (including phenoxy) is 2. The van der Waals surface area contributed by atoms with Gasteiger partial charge in [-0.2, -0.15) is 0 Å². The molecule has 0 aliphatic heterocycles. The molecule has 0 unspecified atom stereocenters. The maximum absolute atomic E-state index is 10.5. The lowest BCUT2D eigenvalue weighted by atomic mass is 10.2. The van der Waals surface area contributed by atoms with Crippen LogP contribution in [0.5, 0.6) is 11.5 Å². The topological polar surface area (TPSA) is 157 Å². The Kier molecular flexibility index (Phi) is 6.93. The minimum atomic E-state index is -0.553. The van der Waals surface area contributed by atoms with Crippen molar-refractivity contribution < 1.29 is 19.3 Å². The molecule has 2 aromatic carbocycles. The minimum Gasteiger partial charge on any atom is -0.494 e. The van der Waals surface area contributed by atoms with Crippen LogP contribution in [-0.2, 0) is 0 Å². The van der Waals surface area contributed by atoms with Crippen molar-refractivity contribution in [2.75, 3.05) is 25.7 Å². The maximum atomic E-state index is 10.5. The Morgan fingerprint density at radius 3 is 1.92 bits per heavy atom. The van der Waals surface area contributed by atoms with Crippen molar-refractivity contribution in [3.05, 3.63) is 55.0 Å². The van der Waals surface area contributed by atoms with Gasteiger partial charge in [-0.1, -0.05) is 22.0 Å². The minimum absolute atomic E-state index is 0.0377. The summed E-state index contributed by atoms with van der Waals surface area (Å²) in [7, 11) is 2.82. The van der Waals surface area contributed by atoms with Crippen LogP contribution in [0.3, 0.4) is 0 Å². The zero-order valence-corrected chi connectivity index (χ0v) is 14.8. The van der Waals surface area contributed by atoms with Gasteiger partial charge in [0.25, 0.3) is 11.4 Å². The fourth-order valence-electron chi connectivity index (χ4n) is 1.77. The fraction of sp³-hybridized carbons (Fsp3) is 0.143. The summed E-state index contributed by atoms with van der Waals surface area (Å²) in [5, 5.41) is 20.9. The van der Waals surface area contributed by atoms with E-state index in [1.165, 1.54) is 32.4 Å². The molecular weight excluding hydrogens is 400 g/mol. The molecule has 0 aliphatic carbocycles. The molecule has 0 fully saturated rings. The standard InChI is InChI=1S/C7H7BrN2O3.C7H8N2O3/c1-13-6-3-4(8)2-5(7(6)9)10(11)12;1-12-6-4-2-3-5(7(6)8)9(10)11/h2-3H,9H2,1H3;2-4H,8H2,1H3. The summed E-state index contributed by atoms with van der Waals surface area (Å²) in [5.41, 5.74) is 10.7. The molecule has 0 aromatic heterocycles. The lowest BCUT2D eigenvalue weighted by Crippen LogP contribution is -1.98. The van der Waals surface area contributed by atoms with Crippen LogP contribution in [0.15, 0.2) is 34.8 Å². The van der Waals surface area contributed by atoms with Crippen molar-refractivity contribution >= 4 is 38.7 Å². The van der Waals surface area contributed by atoms with Gasteiger partial charge >= 0.3 is 0 Å². The molecule has 0 atom stereocenters. The average Bonchev–Trinajstić information content (AvgIpc) is 2.56. The Labute approximate surface area is 150 Å². The van der Waals surface area contributed by atoms with E-state index in [0.717, 1.165) is 0 Å². The molecule has 0 spiro atoms. The number of hydrogen-bond acceptors (Lipinski definition) is 8. The van der Waals surface area contributed by atoms with Crippen molar-refractivity contribution in [3.8, 4) is 11.5 Å². The summed E-state index contributed by atoms with van der Waals surface area (Å²) in [6.45, 7) is 0. The van der Waals surface area contributed by atoms with E-state index in [1.54, 1.807) is 12.1 Å². The number of nitro benzene ring substituents is 2. The molecule has 0 saturated heterocycles. The van der Waals surface area contributed by atoms with Crippen LogP contribution < -0.4 is 20.9 Å². The molecule has 0 saturated carbocycles. The van der Waals surface area contributed by atoms with Crippen LogP contribution >= 0.6 is 15.9 Å². The summed E-state index contributed by atoms with van der Waals surface area (Å²) >= 11 is 3.12. The first-order chi connectivity index (χ1) is 11.7. The second kappa shape index (κ2) is 8.68. The second-order valence-electron chi connectivity index (χ2n) is 4.45. The van der Waals surface area contributed by atoms with Gasteiger partial charge in [-0.15, -0.1) is 0 Å². The highest BCUT2D eigenvalue weighted by Crippen LogP contribution is 2.34. The van der Waals surface area contributed by atoms with E-state index in [-0.39, 0.29) is 22.7 Å². The third kappa shape index (κ3) is 4.94. The number of nitro groups is 2. The van der Waals surface area contributed by atoms with E-state index in [9.17, 15) is 20.2 Å². The largest absolute Gasteiger partial charge is 0.494 e. The lowest BCUT2D eigenvalue weighted by molar-refractivity contribution is -0.384. The smallest absolute Gasteiger partial charge is 0.297 e. The molecule has 11 heteroatoms. The van der Waals surface area contributed by atoms with Gasteiger partial charge in [0.2, 0.25) is 0 Å². The number of hydrogen-bond donors (Lipinski definition) is 2. The Hall–Kier alpha value is -3.08. The molecule has 2 rings (SSSR count). The van der Waals surface area contributed by atoms with E-state index < -0.39 is 9.85 Å². The number of methoxy groups -OCH3 is 2. The van der Waals surface area contributed by atoms with Crippen LogP contribution in [0.25, 0.3) is 0 Å². The molecular formula is C14H15BrN4O6. The first-order valence-corrected chi connectivity index (χ1v) is 7.36. The summed E-state index contributed by atoms with van der Waals surface area (Å²) in [6, 6.07) is 7.33. The molecule has 0 radical (unpaired) electrons. The first-order valence-electron chi connectivity index (χ1n) is 6.57. The number of rotatable bonds is 4. The van der Waals surface area contributed by atoms with Gasteiger partial charge in [-0.3, -0.25) is 20.2 Å². The number of nitrogens with two attached hydrogens (primary N) is 2. The fourth-order valence-corrected chi connectivity index (χ4v) is 2.19. The van der Waals surface area contributed by atoms with Crippen molar-refractivity contribution in [2.24, 2.45) is 0 Å². The van der Waals surface area contributed by atoms with Crippen molar-refractivity contribution in [1.82, 2.24) is 0 Å². The van der Waals surface area contributed by atoms with Crippen molar-refractivity contribution in [3.63, 3.8) is 0 Å². The quantitative estimate of drug-likeness (QED) is 0.438. The highest BCUT2D eigenvalue weighted by atomic mass is 79.9. The molecule has 2 aromatic rings. The summed E-state index contributed by atoms with van der Waals surface area (Å²) in [4.78, 5) is 19.8. The molecule has 10 nitrogen and oxygen atoms in total. The van der Waals surface area contributed by atoms with E-state index in [1.807, 2.05) is 0 Å². The van der Waals surface area contributed by atoms with Crippen LogP contribution in [0.1, 0.15) is 0 Å². The third-order valence-corrected chi connectivity index (χ3v) is 3.42. The summed E-state index contributed by atoms with van der Waals surface area (Å²) in [5.74, 6) is 0.616. The van der Waals surface area contributed by atoms with Crippen LogP contribution in [0.2, 0.25) is 0 Å². The van der Waals surface area contributed by atoms with Crippen LogP contribution in [0, 0.1) is 20.2 Å². The lowest BCUT2D eigenvalue weighted by Gasteiger charge is -2.04. The molecule has 0 heterocycles. The monoisotopic (exact) mass is 414 g/mol. The highest BCUT2D eigenvalue weighted by Gasteiger charge is 2.16. The SMILES string of the molecule is COc1cc(Br)cc([N+](=O)[O-])c1N.COc1cccc([N+](=O)[O-])c1N. The predicted molar refractivity (Wildman–Crippen MR) is 95.8 cm³/mol. The van der Waals surface area contributed by atoms with Gasteiger partial charge in [0.15, 0.2) is 11.4 Å². The second-order valence-corrected chi connectivity index (χ2v) is 5.36. The van der Waals surface area contributed by atoms with E-state index in [2.05, 4.69) is 15.9 Å². The average molecular weight is 415 g/mol. The Morgan fingerprint density at radius 2 is 1.44 bits per heavy atom. The molecule has 134 valence electrons. The van der Waals surface area contributed by atoms with Crippen LogP contribution in [0.4, 0.5) is 22.7 Å². The molecule has 0 amide bonds. The molecule has 0 aliphatic rings. The number of nitrogens with zero attached hydrogens (tertiary/aromatic N) is 2. The number of nitrogen functional groups attached to an aromatic ring is 2. The number of benzene rings is 2. The van der Waals surface area contributed by atoms with Gasteiger partial charge in [-0.05, 0) is 12.1 Å². The van der Waals surface area contributed by atoms with Gasteiger partial charge in [-0.25, -0.2) is 0 Å². The van der Waals surface area contributed by atoms with Gasteiger partial charge in [0.1, 0.15) is 11.5 Å². The van der Waals surface area contributed by atoms with Crippen molar-refractivity contribution in [2.45, 2.75) is 0 Å². The normalized spacial score (nSPS) is 9.56. The van der Waals surface area contributed by atoms with E-state index in [4.69, 9.17) is 20.9 Å². The Bertz CT molecular complexity index is 799. The van der Waals surface area contributed by atoms with Gasteiger partial charge in [0, 0.05) is 16.6 Å². The van der Waals surface area contributed by atoms with Gasteiger partial charge < -0.3 is 20.9 Å². The molecule has 25 heavy (non-hydrogen) atoms. The zero-order chi connectivity index (χ0) is 19.1. The Balaban J connectivity index is 0.000000251. The maximum Gasteiger partial charge on any atom is 0.297 e. The molecule has 4 N–H and O–H groups in total. The summed E-state index contributed by atoms with van der Waals surface area (Å²) < 4.78 is 10.2. The Morgan fingerprint density at radius 1 is 0.920 bits per heavy atom. The number of para-hydroxylation sites is 1. The predicted octanol–water partition coefficient (Wildman–Crippen LogP) is 3.13. The van der Waals surface area contributed by atoms with Crippen LogP contribution in [-0.4, -0.2) is 24.1 Å². The van der Waals surface area contributed by atoms with Gasteiger partial charge in [0.05, 0.1) is 24.1 Å². The highest BCUT2D eigenvalue weighted by molar-refractivity contribution is 9.10. The number of halogens is 1. The molecule has 0 bridgehead atoms. The zero-order valence-electron chi connectivity index (χ0n) is 13.3. The first kappa shape index (κ1) is 20.0. The third-order valence-electron chi connectivity index (χ3n) is 2.96. The number of anilines is 2.